The maximum atomic E-state index is 11.4. The van der Waals surface area contributed by atoms with Crippen LogP contribution in [-0.2, 0) is 0 Å². The van der Waals surface area contributed by atoms with Crippen LogP contribution in [0.4, 0.5) is 0 Å². The first-order valence-corrected chi connectivity index (χ1v) is 9.97. The zero-order chi connectivity index (χ0) is 16.9. The molecule has 0 aromatic heterocycles. The third-order valence-corrected chi connectivity index (χ3v) is 7.20. The van der Waals surface area contributed by atoms with Gasteiger partial charge in [0.15, 0.2) is 0 Å². The molecular weight excluding hydrogens is 296 g/mol. The van der Waals surface area contributed by atoms with Gasteiger partial charge in [0, 0.05) is 0 Å². The molecule has 0 radical (unpaired) electrons. The zero-order valence-electron chi connectivity index (χ0n) is 15.6. The molecule has 1 aromatic carbocycles. The molecule has 0 amide bonds. The number of nitrogens with one attached hydrogen (secondary N) is 2. The summed E-state index contributed by atoms with van der Waals surface area (Å²) >= 11 is 0. The zero-order valence-corrected chi connectivity index (χ0v) is 15.6. The second-order valence-electron chi connectivity index (χ2n) is 8.99. The molecule has 0 aliphatic carbocycles. The van der Waals surface area contributed by atoms with Crippen molar-refractivity contribution in [2.24, 2.45) is 10.8 Å². The predicted octanol–water partition coefficient (Wildman–Crippen LogP) is 0.738. The molecule has 3 N–H and O–H groups in total. The Kier molecular flexibility index (Phi) is 4.02. The van der Waals surface area contributed by atoms with Crippen LogP contribution < -0.4 is 9.80 Å². The van der Waals surface area contributed by atoms with E-state index in [-0.39, 0.29) is 16.9 Å². The Labute approximate surface area is 146 Å². The first-order chi connectivity index (χ1) is 11.5. The van der Waals surface area contributed by atoms with Gasteiger partial charge >= 0.3 is 0 Å². The first kappa shape index (κ1) is 16.6. The lowest BCUT2D eigenvalue weighted by atomic mass is 9.56. The molecule has 132 valence electrons. The molecule has 24 heavy (non-hydrogen) atoms. The maximum Gasteiger partial charge on any atom is 0.240 e. The van der Waals surface area contributed by atoms with E-state index in [0.29, 0.717) is 6.17 Å². The Morgan fingerprint density at radius 2 is 1.38 bits per heavy atom. The van der Waals surface area contributed by atoms with Gasteiger partial charge in [0.25, 0.3) is 0 Å². The van der Waals surface area contributed by atoms with Crippen LogP contribution in [0.15, 0.2) is 24.3 Å². The fourth-order valence-corrected chi connectivity index (χ4v) is 6.65. The Bertz CT molecular complexity index is 554. The number of aliphatic hydroxyl groups is 1. The topological polar surface area (TPSA) is 29.1 Å². The van der Waals surface area contributed by atoms with Crippen LogP contribution in [0.3, 0.4) is 0 Å². The van der Waals surface area contributed by atoms with Crippen molar-refractivity contribution in [1.29, 1.82) is 0 Å². The van der Waals surface area contributed by atoms with E-state index in [1.807, 2.05) is 0 Å². The fourth-order valence-electron chi connectivity index (χ4n) is 6.65. The van der Waals surface area contributed by atoms with Gasteiger partial charge in [-0.1, -0.05) is 44.4 Å². The quantitative estimate of drug-likeness (QED) is 0.730. The predicted molar refractivity (Wildman–Crippen MR) is 96.0 cm³/mol. The summed E-state index contributed by atoms with van der Waals surface area (Å²) in [6.45, 7) is 11.4. The Hall–Kier alpha value is -0.900. The molecule has 4 bridgehead atoms. The van der Waals surface area contributed by atoms with E-state index in [1.165, 1.54) is 36.8 Å². The number of aliphatic hydroxyl groups excluding tert-OH is 1. The summed E-state index contributed by atoms with van der Waals surface area (Å²) < 4.78 is 0. The average Bonchev–Trinajstić information content (AvgIpc) is 2.54. The molecule has 0 saturated carbocycles. The number of aryl methyl sites for hydroxylation is 1. The van der Waals surface area contributed by atoms with Crippen LogP contribution in [0, 0.1) is 17.8 Å². The van der Waals surface area contributed by atoms with Gasteiger partial charge in [0.1, 0.15) is 0 Å². The summed E-state index contributed by atoms with van der Waals surface area (Å²) in [6.07, 6.45) is 5.24. The SMILES string of the molecule is CCCC12C[NH+]3CC(CCC)(C[NH+](C1)C3c1ccc(C)cc1)C2O. The van der Waals surface area contributed by atoms with Gasteiger partial charge in [-0.25, -0.2) is 0 Å². The third-order valence-electron chi connectivity index (χ3n) is 7.20. The van der Waals surface area contributed by atoms with Crippen LogP contribution in [0.5, 0.6) is 0 Å². The van der Waals surface area contributed by atoms with E-state index in [0.717, 1.165) is 26.2 Å². The summed E-state index contributed by atoms with van der Waals surface area (Å²) in [5, 5.41) is 11.4. The molecule has 0 atom stereocenters. The summed E-state index contributed by atoms with van der Waals surface area (Å²) in [4.78, 5) is 3.47. The van der Waals surface area contributed by atoms with Crippen LogP contribution in [0.25, 0.3) is 0 Å². The highest BCUT2D eigenvalue weighted by molar-refractivity contribution is 5.22. The largest absolute Gasteiger partial charge is 0.391 e. The highest BCUT2D eigenvalue weighted by atomic mass is 16.3. The first-order valence-electron chi connectivity index (χ1n) is 9.97. The van der Waals surface area contributed by atoms with E-state index >= 15 is 0 Å². The lowest BCUT2D eigenvalue weighted by Crippen LogP contribution is -3.41. The van der Waals surface area contributed by atoms with Crippen LogP contribution in [0.1, 0.15) is 56.8 Å². The van der Waals surface area contributed by atoms with Crippen molar-refractivity contribution in [3.05, 3.63) is 35.4 Å². The van der Waals surface area contributed by atoms with Gasteiger partial charge in [-0.2, -0.15) is 0 Å². The van der Waals surface area contributed by atoms with Crippen LogP contribution >= 0.6 is 0 Å². The van der Waals surface area contributed by atoms with Gasteiger partial charge in [-0.3, -0.25) is 9.80 Å². The molecular formula is C21H34N2O+2. The minimum absolute atomic E-state index is 0.0867. The smallest absolute Gasteiger partial charge is 0.240 e. The minimum Gasteiger partial charge on any atom is -0.391 e. The Balaban J connectivity index is 1.70. The van der Waals surface area contributed by atoms with E-state index < -0.39 is 0 Å². The monoisotopic (exact) mass is 330 g/mol. The molecule has 1 aromatic rings. The second kappa shape index (κ2) is 5.82. The van der Waals surface area contributed by atoms with E-state index in [1.54, 1.807) is 9.80 Å². The number of hydrogen-bond donors (Lipinski definition) is 3. The fraction of sp³-hybridized carbons (Fsp3) is 0.714. The summed E-state index contributed by atoms with van der Waals surface area (Å²) in [7, 11) is 0. The number of hydrogen-bond acceptors (Lipinski definition) is 1. The number of quaternary nitrogens is 2. The van der Waals surface area contributed by atoms with Crippen molar-refractivity contribution < 1.29 is 14.9 Å². The lowest BCUT2D eigenvalue weighted by molar-refractivity contribution is -1.19. The van der Waals surface area contributed by atoms with Crippen molar-refractivity contribution in [2.45, 2.75) is 58.7 Å². The lowest BCUT2D eigenvalue weighted by Gasteiger charge is -2.64. The normalized spacial score (nSPS) is 43.3. The van der Waals surface area contributed by atoms with Gasteiger partial charge in [-0.15, -0.1) is 0 Å². The molecule has 0 unspecified atom stereocenters. The van der Waals surface area contributed by atoms with E-state index in [9.17, 15) is 5.11 Å². The second-order valence-corrected chi connectivity index (χ2v) is 8.99. The van der Waals surface area contributed by atoms with Gasteiger partial charge in [-0.05, 0) is 31.9 Å². The Morgan fingerprint density at radius 3 is 1.79 bits per heavy atom. The summed E-state index contributed by atoms with van der Waals surface area (Å²) in [6, 6.07) is 9.22. The third kappa shape index (κ3) is 2.28. The average molecular weight is 331 g/mol. The molecule has 5 rings (SSSR count). The van der Waals surface area contributed by atoms with Gasteiger partial charge in [0.05, 0.1) is 48.7 Å². The summed E-state index contributed by atoms with van der Waals surface area (Å²) in [5.41, 5.74) is 3.16. The van der Waals surface area contributed by atoms with Crippen molar-refractivity contribution in [3.8, 4) is 0 Å². The van der Waals surface area contributed by atoms with Gasteiger partial charge < -0.3 is 5.11 Å². The van der Waals surface area contributed by atoms with Crippen molar-refractivity contribution in [2.75, 3.05) is 26.2 Å². The standard InChI is InChI=1S/C21H32N2O/c1-4-10-20-12-22-14-21(11-5-2,19(20)24)15-23(13-20)18(22)17-8-6-16(3)7-9-17/h6-9,18-19,24H,4-5,10-15H2,1-3H3/p+2. The molecule has 3 nitrogen and oxygen atoms in total. The van der Waals surface area contributed by atoms with Crippen LogP contribution in [-0.4, -0.2) is 37.4 Å². The van der Waals surface area contributed by atoms with E-state index in [4.69, 9.17) is 0 Å². The molecule has 4 aliphatic heterocycles. The highest BCUT2D eigenvalue weighted by Gasteiger charge is 2.70. The maximum absolute atomic E-state index is 11.4. The molecule has 4 heterocycles. The molecule has 4 fully saturated rings. The Morgan fingerprint density at radius 1 is 0.917 bits per heavy atom. The minimum atomic E-state index is -0.0867. The molecule has 0 spiro atoms. The number of benzene rings is 1. The highest BCUT2D eigenvalue weighted by Crippen LogP contribution is 2.45. The summed E-state index contributed by atoms with van der Waals surface area (Å²) in [5.74, 6) is 0. The number of piperidine rings is 2. The van der Waals surface area contributed by atoms with Gasteiger partial charge in [0.2, 0.25) is 6.17 Å². The van der Waals surface area contributed by atoms with Crippen LogP contribution in [0.2, 0.25) is 0 Å². The van der Waals surface area contributed by atoms with Crippen molar-refractivity contribution in [3.63, 3.8) is 0 Å². The number of rotatable bonds is 5. The van der Waals surface area contributed by atoms with Crippen molar-refractivity contribution >= 4 is 0 Å². The molecule has 3 heteroatoms. The molecule has 4 aliphatic rings. The van der Waals surface area contributed by atoms with Crippen molar-refractivity contribution in [1.82, 2.24) is 0 Å². The molecule has 4 saturated heterocycles. The van der Waals surface area contributed by atoms with E-state index in [2.05, 4.69) is 45.0 Å².